The van der Waals surface area contributed by atoms with Crippen LogP contribution < -0.4 is 0 Å². The highest BCUT2D eigenvalue weighted by Crippen LogP contribution is 2.46. The third-order valence-electron chi connectivity index (χ3n) is 5.43. The van der Waals surface area contributed by atoms with Gasteiger partial charge in [-0.05, 0) is 37.3 Å². The second-order valence-corrected chi connectivity index (χ2v) is 9.41. The van der Waals surface area contributed by atoms with Crippen molar-refractivity contribution in [2.24, 2.45) is 0 Å². The Bertz CT molecular complexity index is 673. The van der Waals surface area contributed by atoms with Crippen LogP contribution in [0.25, 0.3) is 0 Å². The molecule has 0 amide bonds. The number of rotatable bonds is 2. The Morgan fingerprint density at radius 1 is 1.09 bits per heavy atom. The molecule has 3 heterocycles. The average Bonchev–Trinajstić information content (AvgIpc) is 3.03. The molecule has 23 heavy (non-hydrogen) atoms. The molecule has 3 fully saturated rings. The van der Waals surface area contributed by atoms with Crippen molar-refractivity contribution in [2.45, 2.75) is 54.5 Å². The van der Waals surface area contributed by atoms with Gasteiger partial charge in [0.05, 0.1) is 29.3 Å². The van der Waals surface area contributed by atoms with E-state index >= 15 is 0 Å². The lowest BCUT2D eigenvalue weighted by Gasteiger charge is -2.44. The summed E-state index contributed by atoms with van der Waals surface area (Å²) in [4.78, 5) is 0. The predicted octanol–water partition coefficient (Wildman–Crippen LogP) is 2.05. The molecule has 0 saturated carbocycles. The summed E-state index contributed by atoms with van der Waals surface area (Å²) < 4.78 is 35.9. The van der Waals surface area contributed by atoms with Crippen LogP contribution in [0.3, 0.4) is 0 Å². The Labute approximate surface area is 136 Å². The van der Waals surface area contributed by atoms with Crippen molar-refractivity contribution < 1.29 is 23.0 Å². The predicted molar refractivity (Wildman–Crippen MR) is 84.6 cm³/mol. The molecule has 1 N–H and O–H groups in total. The lowest BCUT2D eigenvalue weighted by molar-refractivity contribution is -0.0447. The van der Waals surface area contributed by atoms with E-state index in [2.05, 4.69) is 0 Å². The molecular weight excluding hydrogens is 316 g/mol. The van der Waals surface area contributed by atoms with Crippen molar-refractivity contribution in [2.75, 3.05) is 13.2 Å². The number of hydrogen-bond acceptors (Lipinski definition) is 5. The monoisotopic (exact) mass is 338 g/mol. The number of benzene rings is 1. The van der Waals surface area contributed by atoms with Crippen molar-refractivity contribution in [1.29, 1.82) is 0 Å². The summed E-state index contributed by atoms with van der Waals surface area (Å²) in [5.74, 6) is 0. The van der Waals surface area contributed by atoms with Crippen molar-refractivity contribution in [3.8, 4) is 0 Å². The summed E-state index contributed by atoms with van der Waals surface area (Å²) in [7, 11) is -3.08. The third-order valence-corrected chi connectivity index (χ3v) is 8.09. The van der Waals surface area contributed by atoms with E-state index < -0.39 is 25.9 Å². The Morgan fingerprint density at radius 2 is 1.74 bits per heavy atom. The smallest absolute Gasteiger partial charge is 0.184 e. The lowest BCUT2D eigenvalue weighted by atomic mass is 9.80. The maximum absolute atomic E-state index is 12.4. The largest absolute Gasteiger partial charge is 0.385 e. The van der Waals surface area contributed by atoms with Crippen LogP contribution in [0, 0.1) is 0 Å². The van der Waals surface area contributed by atoms with Gasteiger partial charge in [0, 0.05) is 5.56 Å². The second kappa shape index (κ2) is 5.55. The molecule has 0 aliphatic carbocycles. The van der Waals surface area contributed by atoms with Crippen molar-refractivity contribution >= 4 is 9.84 Å². The van der Waals surface area contributed by atoms with Gasteiger partial charge < -0.3 is 14.6 Å². The maximum Gasteiger partial charge on any atom is 0.184 e. The fourth-order valence-electron chi connectivity index (χ4n) is 4.21. The molecule has 126 valence electrons. The second-order valence-electron chi connectivity index (χ2n) is 6.90. The number of hydrogen-bond donors (Lipinski definition) is 1. The molecule has 2 atom stereocenters. The van der Waals surface area contributed by atoms with Crippen molar-refractivity contribution in [3.63, 3.8) is 0 Å². The van der Waals surface area contributed by atoms with Crippen molar-refractivity contribution in [1.82, 2.24) is 0 Å². The van der Waals surface area contributed by atoms with Crippen molar-refractivity contribution in [3.05, 3.63) is 35.4 Å². The van der Waals surface area contributed by atoms with Gasteiger partial charge in [0.15, 0.2) is 16.1 Å². The number of aliphatic hydroxyl groups is 1. The number of ether oxygens (including phenoxy) is 2. The van der Waals surface area contributed by atoms with Crippen LogP contribution >= 0.6 is 0 Å². The Hall–Kier alpha value is -0.950. The minimum atomic E-state index is -3.08. The van der Waals surface area contributed by atoms with Crippen LogP contribution in [0.2, 0.25) is 0 Å². The van der Waals surface area contributed by atoms with Crippen LogP contribution in [0.4, 0.5) is 0 Å². The SMILES string of the molecule is O=S1(=O)C2CCCC1CC(O)(c1cccc(C3OCCO3)c1)C2. The van der Waals surface area contributed by atoms with E-state index in [9.17, 15) is 13.5 Å². The van der Waals surface area contributed by atoms with Crippen LogP contribution in [0.1, 0.15) is 49.5 Å². The molecule has 4 rings (SSSR count). The van der Waals surface area contributed by atoms with Gasteiger partial charge in [0.1, 0.15) is 0 Å². The topological polar surface area (TPSA) is 72.8 Å². The van der Waals surface area contributed by atoms with Gasteiger partial charge in [0.25, 0.3) is 0 Å². The Morgan fingerprint density at radius 3 is 2.39 bits per heavy atom. The molecule has 1 aromatic carbocycles. The van der Waals surface area contributed by atoms with Gasteiger partial charge >= 0.3 is 0 Å². The zero-order valence-electron chi connectivity index (χ0n) is 13.0. The van der Waals surface area contributed by atoms with Crippen LogP contribution in [0.5, 0.6) is 0 Å². The van der Waals surface area contributed by atoms with Gasteiger partial charge in [-0.3, -0.25) is 0 Å². The first kappa shape index (κ1) is 15.6. The summed E-state index contributed by atoms with van der Waals surface area (Å²) in [6, 6.07) is 7.59. The maximum atomic E-state index is 12.4. The number of sulfone groups is 1. The summed E-state index contributed by atoms with van der Waals surface area (Å²) in [5.41, 5.74) is 0.586. The van der Waals surface area contributed by atoms with E-state index in [0.29, 0.717) is 38.9 Å². The zero-order valence-corrected chi connectivity index (χ0v) is 13.8. The molecule has 0 radical (unpaired) electrons. The highest BCUT2D eigenvalue weighted by atomic mass is 32.2. The van der Waals surface area contributed by atoms with Gasteiger partial charge in [-0.1, -0.05) is 24.6 Å². The summed E-state index contributed by atoms with van der Waals surface area (Å²) in [6.07, 6.45) is 2.47. The number of fused-ring (bicyclic) bond motifs is 2. The third kappa shape index (κ3) is 2.61. The molecule has 6 heteroatoms. The molecule has 2 bridgehead atoms. The lowest BCUT2D eigenvalue weighted by Crippen LogP contribution is -2.50. The average molecular weight is 338 g/mol. The summed E-state index contributed by atoms with van der Waals surface area (Å²) >= 11 is 0. The summed E-state index contributed by atoms with van der Waals surface area (Å²) in [6.45, 7) is 1.14. The molecule has 2 unspecified atom stereocenters. The molecule has 3 aliphatic heterocycles. The van der Waals surface area contributed by atoms with Crippen LogP contribution in [-0.4, -0.2) is 37.2 Å². The molecule has 3 aliphatic rings. The Balaban J connectivity index is 1.66. The molecule has 1 aromatic rings. The minimum Gasteiger partial charge on any atom is -0.385 e. The highest BCUT2D eigenvalue weighted by Gasteiger charge is 2.51. The van der Waals surface area contributed by atoms with Gasteiger partial charge in [-0.25, -0.2) is 8.42 Å². The first-order valence-corrected chi connectivity index (χ1v) is 9.89. The molecule has 5 nitrogen and oxygen atoms in total. The van der Waals surface area contributed by atoms with Gasteiger partial charge in [0.2, 0.25) is 0 Å². The normalized spacial score (nSPS) is 36.9. The molecular formula is C17H22O5S. The summed E-state index contributed by atoms with van der Waals surface area (Å²) in [5, 5.41) is 10.4. The van der Waals surface area contributed by atoms with Gasteiger partial charge in [-0.15, -0.1) is 0 Å². The standard InChI is InChI=1S/C17H22O5S/c18-17(10-14-5-2-6-15(11-17)23(14,19)20)13-4-1-3-12(9-13)16-21-7-8-22-16/h1,3-4,9,14-16,18H,2,5-8,10-11H2. The fraction of sp³-hybridized carbons (Fsp3) is 0.647. The Kier molecular flexibility index (Phi) is 3.76. The van der Waals surface area contributed by atoms with Crippen LogP contribution in [-0.2, 0) is 24.9 Å². The first-order chi connectivity index (χ1) is 11.0. The minimum absolute atomic E-state index is 0.293. The highest BCUT2D eigenvalue weighted by molar-refractivity contribution is 7.92. The van der Waals surface area contributed by atoms with E-state index in [-0.39, 0.29) is 6.29 Å². The van der Waals surface area contributed by atoms with E-state index in [0.717, 1.165) is 17.5 Å². The molecule has 3 saturated heterocycles. The molecule has 0 spiro atoms. The zero-order chi connectivity index (χ0) is 16.1. The van der Waals surface area contributed by atoms with E-state index in [1.54, 1.807) is 0 Å². The fourth-order valence-corrected chi connectivity index (χ4v) is 6.76. The quantitative estimate of drug-likeness (QED) is 0.893. The van der Waals surface area contributed by atoms with Crippen LogP contribution in [0.15, 0.2) is 24.3 Å². The van der Waals surface area contributed by atoms with E-state index in [1.165, 1.54) is 0 Å². The van der Waals surface area contributed by atoms with Gasteiger partial charge in [-0.2, -0.15) is 0 Å². The molecule has 0 aromatic heterocycles. The van der Waals surface area contributed by atoms with E-state index in [4.69, 9.17) is 9.47 Å². The van der Waals surface area contributed by atoms with E-state index in [1.807, 2.05) is 24.3 Å². The first-order valence-electron chi connectivity index (χ1n) is 8.28.